The van der Waals surface area contributed by atoms with Gasteiger partial charge in [0, 0.05) is 0 Å². The van der Waals surface area contributed by atoms with Crippen molar-refractivity contribution in [3.8, 4) is 23.1 Å². The van der Waals surface area contributed by atoms with Gasteiger partial charge in [0.2, 0.25) is 0 Å². The van der Waals surface area contributed by atoms with E-state index in [1.54, 1.807) is 0 Å². The summed E-state index contributed by atoms with van der Waals surface area (Å²) in [5, 5.41) is 11.9. The summed E-state index contributed by atoms with van der Waals surface area (Å²) in [7, 11) is 9.78. The van der Waals surface area contributed by atoms with Gasteiger partial charge in [0.25, 0.3) is 0 Å². The van der Waals surface area contributed by atoms with Crippen LogP contribution in [0.1, 0.15) is 133 Å². The molecule has 0 radical (unpaired) electrons. The fraction of sp³-hybridized carbons (Fsp3) is 0.568. The fourth-order valence-electron chi connectivity index (χ4n) is 6.62. The first-order valence-electron chi connectivity index (χ1n) is 17.3. The second-order valence-electron chi connectivity index (χ2n) is 13.2. The first-order valence-corrected chi connectivity index (χ1v) is 21.1. The van der Waals surface area contributed by atoms with Gasteiger partial charge >= 0.3 is 297 Å². The maximum absolute atomic E-state index is 13.5. The van der Waals surface area contributed by atoms with Crippen molar-refractivity contribution in [1.82, 2.24) is 9.13 Å². The predicted molar refractivity (Wildman–Crippen MR) is 188 cm³/mol. The summed E-state index contributed by atoms with van der Waals surface area (Å²) < 4.78 is 27.4. The minimum absolute atomic E-state index is 0.150. The Kier molecular flexibility index (Phi) is 14.9. The van der Waals surface area contributed by atoms with Crippen LogP contribution in [-0.2, 0) is 29.6 Å². The molecule has 1 saturated carbocycles. The topological polar surface area (TPSA) is 107 Å². The van der Waals surface area contributed by atoms with E-state index in [-0.39, 0.29) is 40.6 Å². The predicted octanol–water partition coefficient (Wildman–Crippen LogP) is 10.8. The Bertz CT molecular complexity index is 1610. The van der Waals surface area contributed by atoms with Crippen LogP contribution < -0.4 is 14.2 Å². The molecule has 0 aliphatic heterocycles. The Morgan fingerprint density at radius 3 is 1.94 bits per heavy atom. The number of hydrogen-bond donors (Lipinski definition) is 0. The number of carbonyl (C=O) groups excluding carboxylic acids is 1. The van der Waals surface area contributed by atoms with Crippen molar-refractivity contribution >= 4 is 21.0 Å². The van der Waals surface area contributed by atoms with Crippen molar-refractivity contribution in [1.29, 1.82) is 0 Å². The summed E-state index contributed by atoms with van der Waals surface area (Å²) in [5.74, 6) is 1.19. The van der Waals surface area contributed by atoms with Crippen LogP contribution in [0.3, 0.4) is 0 Å². The van der Waals surface area contributed by atoms with E-state index in [1.807, 2.05) is 10.8 Å². The number of benzene rings is 2. The van der Waals surface area contributed by atoms with Crippen LogP contribution in [0.2, 0.25) is 0 Å². The third kappa shape index (κ3) is 9.81. The number of nitro groups is 1. The Labute approximate surface area is 302 Å². The molecule has 0 amide bonds. The second kappa shape index (κ2) is 18.8. The van der Waals surface area contributed by atoms with E-state index in [2.05, 4.69) is 50.5 Å². The van der Waals surface area contributed by atoms with Crippen molar-refractivity contribution < 1.29 is 46.9 Å². The minimum Gasteiger partial charge on any atom is 0.0777 e. The number of ether oxygens (including phenoxy) is 4. The van der Waals surface area contributed by atoms with Gasteiger partial charge in [-0.1, -0.05) is 0 Å². The van der Waals surface area contributed by atoms with Crippen LogP contribution >= 0.6 is 9.19 Å². The molecular weight excluding hydrogens is 831 g/mol. The Balaban J connectivity index is 1.79. The zero-order valence-corrected chi connectivity index (χ0v) is 32.5. The Hall–Kier alpha value is -3.05. The summed E-state index contributed by atoms with van der Waals surface area (Å²) in [4.78, 5) is 24.8. The summed E-state index contributed by atoms with van der Waals surface area (Å²) >= 11 is -0.858. The van der Waals surface area contributed by atoms with E-state index < -0.39 is 35.9 Å². The minimum atomic E-state index is -0.973. The zero-order valence-electron chi connectivity index (χ0n) is 29.6. The van der Waals surface area contributed by atoms with Gasteiger partial charge in [0.05, 0.1) is 7.11 Å². The first-order chi connectivity index (χ1) is 23.6. The van der Waals surface area contributed by atoms with Crippen molar-refractivity contribution in [2.75, 3.05) is 14.2 Å². The Morgan fingerprint density at radius 1 is 0.918 bits per heavy atom. The van der Waals surface area contributed by atoms with Gasteiger partial charge in [-0.2, -0.15) is 0 Å². The third-order valence-corrected chi connectivity index (χ3v) is 11.5. The molecule has 4 rings (SSSR count). The van der Waals surface area contributed by atoms with E-state index in [9.17, 15) is 14.9 Å². The second-order valence-corrected chi connectivity index (χ2v) is 15.6. The SMILES string of the molecule is COc1cc(COC(=O)Oc2cn(C3CCCCCCCCCCC3)[c](=[Au][Cl])n2-c2c(C(C)C)cccc2C(C)C)c([N+](=O)[O-])cc1OC. The molecule has 3 aromatic rings. The molecule has 12 heteroatoms. The molecule has 0 atom stereocenters. The van der Waals surface area contributed by atoms with Crippen LogP contribution in [0.4, 0.5) is 10.5 Å². The zero-order chi connectivity index (χ0) is 35.5. The van der Waals surface area contributed by atoms with E-state index in [1.165, 1.54) is 71.3 Å². The molecule has 1 aliphatic carbocycles. The molecule has 0 N–H and O–H groups in total. The number of carbonyl (C=O) groups is 1. The van der Waals surface area contributed by atoms with E-state index in [0.29, 0.717) is 5.88 Å². The molecule has 1 heterocycles. The van der Waals surface area contributed by atoms with E-state index >= 15 is 0 Å². The maximum atomic E-state index is 13.5. The smallest absolute Gasteiger partial charge is 0.0777 e. The number of nitrogens with zero attached hydrogens (tertiary/aromatic N) is 3. The molecule has 1 aromatic heterocycles. The standard InChI is InChI=1S/C37H51N3O7.Au.ClH/c1-26(2)30-19-16-20-31(27(3)4)36(30)39-25-38(29-17-14-12-10-8-7-9-11-13-15-18-29)23-35(39)47-37(41)46-24-28-21-33(44-5)34(45-6)22-32(28)40(42)43;;/h16,19-23,26-27,29H,7-15,17-18,24H2,1-6H3;;1H/q;+1;/p-1. The summed E-state index contributed by atoms with van der Waals surface area (Å²) in [6.07, 6.45) is 14.1. The van der Waals surface area contributed by atoms with Gasteiger partial charge in [0.1, 0.15) is 0 Å². The van der Waals surface area contributed by atoms with Crippen molar-refractivity contribution in [3.63, 3.8) is 0 Å². The molecule has 274 valence electrons. The Morgan fingerprint density at radius 2 is 1.45 bits per heavy atom. The summed E-state index contributed by atoms with van der Waals surface area (Å²) in [6.45, 7) is 8.24. The monoisotopic (exact) mass is 881 g/mol. The van der Waals surface area contributed by atoms with Gasteiger partial charge < -0.3 is 0 Å². The molecule has 1 aliphatic rings. The number of nitro benzene ring substituents is 1. The third-order valence-electron chi connectivity index (χ3n) is 9.23. The molecule has 0 bridgehead atoms. The normalized spacial score (nSPS) is 15.8. The van der Waals surface area contributed by atoms with Crippen molar-refractivity contribution in [2.45, 2.75) is 123 Å². The summed E-state index contributed by atoms with van der Waals surface area (Å²) in [6, 6.07) is 9.24. The average Bonchev–Trinajstić information content (AvgIpc) is 3.43. The number of para-hydroxylation sites is 1. The quantitative estimate of drug-likeness (QED) is 0.0864. The number of aromatic nitrogens is 2. The van der Waals surface area contributed by atoms with Crippen molar-refractivity contribution in [2.24, 2.45) is 0 Å². The van der Waals surface area contributed by atoms with Gasteiger partial charge in [0.15, 0.2) is 0 Å². The molecular formula is C37H51AuClN3O7. The molecule has 1 fully saturated rings. The number of halogens is 1. The van der Waals surface area contributed by atoms with E-state index in [4.69, 9.17) is 28.1 Å². The van der Waals surface area contributed by atoms with Crippen LogP contribution in [0, 0.1) is 13.7 Å². The van der Waals surface area contributed by atoms with Crippen LogP contribution in [-0.4, -0.2) is 34.4 Å². The van der Waals surface area contributed by atoms with Gasteiger partial charge in [-0.3, -0.25) is 0 Å². The molecule has 0 spiro atoms. The van der Waals surface area contributed by atoms with Crippen LogP contribution in [0.15, 0.2) is 36.5 Å². The van der Waals surface area contributed by atoms with Crippen LogP contribution in [0.25, 0.3) is 5.69 Å². The molecule has 0 unspecified atom stereocenters. The van der Waals surface area contributed by atoms with Crippen molar-refractivity contribution in [3.05, 3.63) is 67.0 Å². The fourth-order valence-corrected chi connectivity index (χ4v) is 8.93. The van der Waals surface area contributed by atoms with Crippen LogP contribution in [0.5, 0.6) is 17.4 Å². The van der Waals surface area contributed by atoms with Gasteiger partial charge in [-0.15, -0.1) is 0 Å². The first kappa shape index (κ1) is 38.7. The number of imidazole rings is 1. The van der Waals surface area contributed by atoms with E-state index in [0.717, 1.165) is 46.1 Å². The average molecular weight is 882 g/mol. The van der Waals surface area contributed by atoms with Gasteiger partial charge in [-0.25, -0.2) is 0 Å². The number of rotatable bonds is 10. The number of methoxy groups -OCH3 is 2. The molecule has 10 nitrogen and oxygen atoms in total. The molecule has 49 heavy (non-hydrogen) atoms. The number of hydrogen-bond acceptors (Lipinski definition) is 7. The molecule has 0 saturated heterocycles. The molecule has 2 aromatic carbocycles. The van der Waals surface area contributed by atoms with Gasteiger partial charge in [-0.05, 0) is 0 Å². The summed E-state index contributed by atoms with van der Waals surface area (Å²) in [5.41, 5.74) is 3.12.